The van der Waals surface area contributed by atoms with E-state index in [1.165, 1.54) is 17.4 Å². The highest BCUT2D eigenvalue weighted by molar-refractivity contribution is 7.20. The number of thiophene rings is 1. The maximum Gasteiger partial charge on any atom is 0.266 e. The Morgan fingerprint density at radius 3 is 2.52 bits per heavy atom. The van der Waals surface area contributed by atoms with Crippen LogP contribution >= 0.6 is 11.3 Å². The minimum absolute atomic E-state index is 0.0653. The van der Waals surface area contributed by atoms with E-state index in [0.29, 0.717) is 15.5 Å². The molecule has 8 heteroatoms. The number of aryl methyl sites for hydroxylation is 2. The van der Waals surface area contributed by atoms with E-state index in [2.05, 4.69) is 20.2 Å². The topological polar surface area (TPSA) is 58.1 Å². The van der Waals surface area contributed by atoms with Gasteiger partial charge < -0.3 is 10.2 Å². The minimum atomic E-state index is -0.818. The van der Waals surface area contributed by atoms with Crippen LogP contribution in [0.1, 0.15) is 34.9 Å². The first kappa shape index (κ1) is 19.2. The summed E-state index contributed by atoms with van der Waals surface area (Å²) in [5.41, 5.74) is 0.682. The van der Waals surface area contributed by atoms with E-state index in [9.17, 15) is 13.6 Å². The summed E-state index contributed by atoms with van der Waals surface area (Å²) in [5.74, 6) is -0.547. The van der Waals surface area contributed by atoms with Gasteiger partial charge in [-0.15, -0.1) is 11.3 Å². The molecule has 0 aliphatic rings. The number of rotatable bonds is 5. The van der Waals surface area contributed by atoms with Crippen LogP contribution in [0.15, 0.2) is 18.2 Å². The zero-order valence-electron chi connectivity index (χ0n) is 15.6. The smallest absolute Gasteiger partial charge is 0.266 e. The van der Waals surface area contributed by atoms with E-state index in [0.717, 1.165) is 42.0 Å². The molecule has 2 aromatic heterocycles. The molecule has 1 aromatic carbocycles. The van der Waals surface area contributed by atoms with E-state index < -0.39 is 17.5 Å². The summed E-state index contributed by atoms with van der Waals surface area (Å²) in [6.45, 7) is 9.29. The molecule has 1 N–H and O–H groups in total. The van der Waals surface area contributed by atoms with Gasteiger partial charge in [0, 0.05) is 19.2 Å². The monoisotopic (exact) mass is 390 g/mol. The van der Waals surface area contributed by atoms with Crippen LogP contribution < -0.4 is 10.2 Å². The number of fused-ring (bicyclic) bond motifs is 1. The van der Waals surface area contributed by atoms with Gasteiger partial charge in [0.15, 0.2) is 0 Å². The zero-order chi connectivity index (χ0) is 19.7. The highest BCUT2D eigenvalue weighted by Gasteiger charge is 2.22. The van der Waals surface area contributed by atoms with Gasteiger partial charge in [-0.2, -0.15) is 0 Å². The zero-order valence-corrected chi connectivity index (χ0v) is 16.4. The minimum Gasteiger partial charge on any atom is -0.357 e. The molecular weight excluding hydrogens is 370 g/mol. The molecule has 0 aliphatic carbocycles. The third-order valence-electron chi connectivity index (χ3n) is 4.33. The van der Waals surface area contributed by atoms with Crippen LogP contribution in [0, 0.1) is 25.5 Å². The summed E-state index contributed by atoms with van der Waals surface area (Å²) in [5, 5.41) is 3.35. The van der Waals surface area contributed by atoms with E-state index in [-0.39, 0.29) is 5.69 Å². The summed E-state index contributed by atoms with van der Waals surface area (Å²) in [4.78, 5) is 25.0. The van der Waals surface area contributed by atoms with Crippen molar-refractivity contribution in [1.29, 1.82) is 0 Å². The molecule has 1 amide bonds. The van der Waals surface area contributed by atoms with Crippen molar-refractivity contribution in [1.82, 2.24) is 9.97 Å². The lowest BCUT2D eigenvalue weighted by Crippen LogP contribution is -2.23. The molecule has 0 atom stereocenters. The third-order valence-corrected chi connectivity index (χ3v) is 5.52. The second kappa shape index (κ2) is 7.56. The fraction of sp³-hybridized carbons (Fsp3) is 0.316. The van der Waals surface area contributed by atoms with Gasteiger partial charge in [0.1, 0.15) is 28.1 Å². The number of anilines is 2. The van der Waals surface area contributed by atoms with Crippen LogP contribution in [0.3, 0.4) is 0 Å². The Morgan fingerprint density at radius 2 is 1.89 bits per heavy atom. The van der Waals surface area contributed by atoms with Crippen LogP contribution in [-0.4, -0.2) is 29.0 Å². The van der Waals surface area contributed by atoms with Gasteiger partial charge in [0.05, 0.1) is 16.0 Å². The maximum atomic E-state index is 13.9. The molecule has 0 bridgehead atoms. The van der Waals surface area contributed by atoms with Gasteiger partial charge in [0.2, 0.25) is 0 Å². The lowest BCUT2D eigenvalue weighted by molar-refractivity contribution is 0.102. The number of carbonyl (C=O) groups is 1. The number of carbonyl (C=O) groups excluding carboxylic acids is 1. The van der Waals surface area contributed by atoms with Crippen molar-refractivity contribution in [3.05, 3.63) is 46.1 Å². The van der Waals surface area contributed by atoms with Gasteiger partial charge in [-0.25, -0.2) is 18.7 Å². The lowest BCUT2D eigenvalue weighted by atomic mass is 10.1. The Hall–Kier alpha value is -2.61. The molecule has 3 aromatic rings. The largest absolute Gasteiger partial charge is 0.357 e. The summed E-state index contributed by atoms with van der Waals surface area (Å²) in [7, 11) is 0. The first-order chi connectivity index (χ1) is 12.8. The Kier molecular flexibility index (Phi) is 5.36. The molecular formula is C19H20F2N4OS. The number of nitrogens with one attached hydrogen (secondary N) is 1. The van der Waals surface area contributed by atoms with Gasteiger partial charge in [-0.3, -0.25) is 4.79 Å². The maximum absolute atomic E-state index is 13.9. The summed E-state index contributed by atoms with van der Waals surface area (Å²) in [6.07, 6.45) is 0. The van der Waals surface area contributed by atoms with Crippen molar-refractivity contribution in [3.63, 3.8) is 0 Å². The average molecular weight is 390 g/mol. The Labute approximate surface area is 160 Å². The van der Waals surface area contributed by atoms with Crippen molar-refractivity contribution < 1.29 is 13.6 Å². The molecule has 142 valence electrons. The molecule has 3 rings (SSSR count). The number of hydrogen-bond donors (Lipinski definition) is 1. The first-order valence-electron chi connectivity index (χ1n) is 8.64. The Balaban J connectivity index is 2.06. The molecule has 0 fully saturated rings. The second-order valence-corrected chi connectivity index (χ2v) is 7.08. The van der Waals surface area contributed by atoms with Crippen LogP contribution in [0.25, 0.3) is 10.2 Å². The molecule has 5 nitrogen and oxygen atoms in total. The summed E-state index contributed by atoms with van der Waals surface area (Å²) >= 11 is 1.24. The molecule has 0 unspecified atom stereocenters. The number of nitrogens with zero attached hydrogens (tertiary/aromatic N) is 3. The fourth-order valence-corrected chi connectivity index (χ4v) is 4.08. The number of aromatic nitrogens is 2. The number of halogens is 2. The third kappa shape index (κ3) is 3.62. The van der Waals surface area contributed by atoms with Crippen molar-refractivity contribution in [2.45, 2.75) is 27.7 Å². The molecule has 0 aliphatic heterocycles. The molecule has 0 saturated heterocycles. The van der Waals surface area contributed by atoms with Crippen molar-refractivity contribution in [2.75, 3.05) is 23.3 Å². The number of benzene rings is 1. The lowest BCUT2D eigenvalue weighted by Gasteiger charge is -2.21. The van der Waals surface area contributed by atoms with E-state index >= 15 is 0 Å². The predicted molar refractivity (Wildman–Crippen MR) is 105 cm³/mol. The van der Waals surface area contributed by atoms with Gasteiger partial charge in [0.25, 0.3) is 5.91 Å². The van der Waals surface area contributed by atoms with Gasteiger partial charge >= 0.3 is 0 Å². The average Bonchev–Trinajstić information content (AvgIpc) is 2.95. The van der Waals surface area contributed by atoms with Crippen LogP contribution in [-0.2, 0) is 0 Å². The van der Waals surface area contributed by atoms with E-state index in [1.807, 2.05) is 27.7 Å². The number of amides is 1. The quantitative estimate of drug-likeness (QED) is 0.687. The first-order valence-corrected chi connectivity index (χ1v) is 9.46. The Bertz CT molecular complexity index is 1010. The Morgan fingerprint density at radius 1 is 1.19 bits per heavy atom. The standard InChI is InChI=1S/C19H20F2N4OS/c1-5-25(6-2)17-15-10(3)16(27-19(15)23-11(4)22-17)18(26)24-14-8-7-12(20)9-13(14)21/h7-9H,5-6H2,1-4H3,(H,24,26). The molecule has 0 spiro atoms. The second-order valence-electron chi connectivity index (χ2n) is 6.08. The van der Waals surface area contributed by atoms with Gasteiger partial charge in [-0.05, 0) is 45.4 Å². The van der Waals surface area contributed by atoms with Crippen molar-refractivity contribution in [3.8, 4) is 0 Å². The molecule has 2 heterocycles. The van der Waals surface area contributed by atoms with Gasteiger partial charge in [-0.1, -0.05) is 0 Å². The summed E-state index contributed by atoms with van der Waals surface area (Å²) in [6, 6.07) is 3.04. The van der Waals surface area contributed by atoms with Crippen molar-refractivity contribution in [2.24, 2.45) is 0 Å². The fourth-order valence-electron chi connectivity index (χ4n) is 2.96. The van der Waals surface area contributed by atoms with Crippen LogP contribution in [0.5, 0.6) is 0 Å². The van der Waals surface area contributed by atoms with E-state index in [4.69, 9.17) is 0 Å². The predicted octanol–water partition coefficient (Wildman–Crippen LogP) is 4.68. The van der Waals surface area contributed by atoms with Crippen LogP contribution in [0.4, 0.5) is 20.3 Å². The molecule has 27 heavy (non-hydrogen) atoms. The molecule has 0 radical (unpaired) electrons. The highest BCUT2D eigenvalue weighted by Crippen LogP contribution is 2.36. The SMILES string of the molecule is CCN(CC)c1nc(C)nc2sc(C(=O)Nc3ccc(F)cc3F)c(C)c12. The summed E-state index contributed by atoms with van der Waals surface area (Å²) < 4.78 is 26.9. The van der Waals surface area contributed by atoms with E-state index in [1.54, 1.807) is 0 Å². The highest BCUT2D eigenvalue weighted by atomic mass is 32.1. The number of hydrogen-bond acceptors (Lipinski definition) is 5. The molecule has 0 saturated carbocycles. The normalized spacial score (nSPS) is 11.0. The van der Waals surface area contributed by atoms with Crippen molar-refractivity contribution >= 4 is 39.0 Å². The van der Waals surface area contributed by atoms with Crippen LogP contribution in [0.2, 0.25) is 0 Å².